The van der Waals surface area contributed by atoms with Gasteiger partial charge < -0.3 is 24.9 Å². The topological polar surface area (TPSA) is 84.3 Å². The fraction of sp³-hybridized carbons (Fsp3) is 0.500. The molecule has 2 aromatic rings. The average molecular weight is 514 g/mol. The minimum atomic E-state index is -1.09. The van der Waals surface area contributed by atoms with Crippen LogP contribution in [0.15, 0.2) is 48.5 Å². The van der Waals surface area contributed by atoms with Crippen LogP contribution in [0.2, 0.25) is 5.02 Å². The summed E-state index contributed by atoms with van der Waals surface area (Å²) in [7, 11) is 1.65. The molecule has 2 heterocycles. The second kappa shape index (κ2) is 12.1. The molecule has 0 saturated carbocycles. The maximum absolute atomic E-state index is 12.8. The number of likely N-dealkylation sites (tertiary alicyclic amines) is 1. The Kier molecular flexibility index (Phi) is 8.88. The Balaban J connectivity index is 1.27. The van der Waals surface area contributed by atoms with Crippen LogP contribution in [0, 0.1) is 11.8 Å². The second-order valence-corrected chi connectivity index (χ2v) is 10.3. The van der Waals surface area contributed by atoms with Crippen molar-refractivity contribution < 1.29 is 19.8 Å². The molecule has 0 unspecified atom stereocenters. The standard InChI is InChI=1S/C28H36ClN3O4/c1-30(17-18-33)27(35)24-8-7-23(19-25(24)29)31-13-9-20(10-14-31)21-11-15-32(16-12-21)28(36)26(34)22-5-3-2-4-6-22/h2-8,19-21,26,33-34H,9-18H2,1H3/t26-/m1/s1. The molecular formula is C28H36ClN3O4. The quantitative estimate of drug-likeness (QED) is 0.591. The average Bonchev–Trinajstić information content (AvgIpc) is 2.92. The normalized spacial score (nSPS) is 18.2. The van der Waals surface area contributed by atoms with E-state index in [9.17, 15) is 14.7 Å². The third kappa shape index (κ3) is 6.02. The van der Waals surface area contributed by atoms with Crippen molar-refractivity contribution in [3.8, 4) is 0 Å². The summed E-state index contributed by atoms with van der Waals surface area (Å²) < 4.78 is 0. The molecule has 0 radical (unpaired) electrons. The Bertz CT molecular complexity index is 1030. The molecule has 2 fully saturated rings. The van der Waals surface area contributed by atoms with Crippen LogP contribution >= 0.6 is 11.6 Å². The maximum atomic E-state index is 12.8. The van der Waals surface area contributed by atoms with Crippen LogP contribution in [0.1, 0.15) is 47.7 Å². The largest absolute Gasteiger partial charge is 0.395 e. The molecule has 194 valence electrons. The first-order chi connectivity index (χ1) is 17.4. The van der Waals surface area contributed by atoms with Crippen LogP contribution in [-0.2, 0) is 4.79 Å². The Hall–Kier alpha value is -2.61. The van der Waals surface area contributed by atoms with E-state index in [0.717, 1.165) is 44.5 Å². The number of amides is 2. The van der Waals surface area contributed by atoms with Crippen LogP contribution in [0.3, 0.4) is 0 Å². The summed E-state index contributed by atoms with van der Waals surface area (Å²) in [5.41, 5.74) is 2.12. The molecule has 36 heavy (non-hydrogen) atoms. The van der Waals surface area contributed by atoms with Gasteiger partial charge in [0, 0.05) is 45.5 Å². The summed E-state index contributed by atoms with van der Waals surface area (Å²) in [4.78, 5) is 30.9. The number of carbonyl (C=O) groups excluding carboxylic acids is 2. The van der Waals surface area contributed by atoms with E-state index in [-0.39, 0.29) is 25.0 Å². The van der Waals surface area contributed by atoms with Crippen molar-refractivity contribution in [2.75, 3.05) is 51.3 Å². The lowest BCUT2D eigenvalue weighted by molar-refractivity contribution is -0.142. The molecule has 2 aromatic carbocycles. The number of carbonyl (C=O) groups is 2. The molecule has 8 heteroatoms. The fourth-order valence-electron chi connectivity index (χ4n) is 5.50. The molecule has 2 aliphatic heterocycles. The van der Waals surface area contributed by atoms with E-state index in [1.807, 2.05) is 35.2 Å². The second-order valence-electron chi connectivity index (χ2n) is 9.91. The van der Waals surface area contributed by atoms with Crippen molar-refractivity contribution in [3.05, 3.63) is 64.7 Å². The lowest BCUT2D eigenvalue weighted by Gasteiger charge is -2.41. The minimum Gasteiger partial charge on any atom is -0.395 e. The zero-order valence-electron chi connectivity index (χ0n) is 20.9. The Morgan fingerprint density at radius 3 is 2.19 bits per heavy atom. The molecular weight excluding hydrogens is 478 g/mol. The predicted octanol–water partition coefficient (Wildman–Crippen LogP) is 3.59. The highest BCUT2D eigenvalue weighted by atomic mass is 35.5. The third-order valence-corrected chi connectivity index (χ3v) is 8.05. The van der Waals surface area contributed by atoms with Gasteiger partial charge in [-0.3, -0.25) is 9.59 Å². The first kappa shape index (κ1) is 26.5. The van der Waals surface area contributed by atoms with Gasteiger partial charge in [0.2, 0.25) is 0 Å². The summed E-state index contributed by atoms with van der Waals surface area (Å²) in [6.45, 7) is 3.45. The predicted molar refractivity (Wildman–Crippen MR) is 141 cm³/mol. The number of hydrogen-bond acceptors (Lipinski definition) is 5. The van der Waals surface area contributed by atoms with Gasteiger partial charge in [-0.2, -0.15) is 0 Å². The van der Waals surface area contributed by atoms with E-state index >= 15 is 0 Å². The number of nitrogens with zero attached hydrogens (tertiary/aromatic N) is 3. The third-order valence-electron chi connectivity index (χ3n) is 7.74. The molecule has 0 aromatic heterocycles. The molecule has 0 aliphatic carbocycles. The highest BCUT2D eigenvalue weighted by molar-refractivity contribution is 6.34. The van der Waals surface area contributed by atoms with E-state index in [1.54, 1.807) is 25.2 Å². The van der Waals surface area contributed by atoms with Gasteiger partial charge in [-0.25, -0.2) is 0 Å². The molecule has 2 N–H and O–H groups in total. The summed E-state index contributed by atoms with van der Waals surface area (Å²) >= 11 is 6.45. The van der Waals surface area contributed by atoms with Crippen molar-refractivity contribution in [1.29, 1.82) is 0 Å². The van der Waals surface area contributed by atoms with Crippen LogP contribution in [-0.4, -0.2) is 78.2 Å². The highest BCUT2D eigenvalue weighted by Gasteiger charge is 2.33. The van der Waals surface area contributed by atoms with E-state index in [0.29, 0.717) is 41.1 Å². The zero-order chi connectivity index (χ0) is 25.7. The number of aliphatic hydroxyl groups is 2. The smallest absolute Gasteiger partial charge is 0.256 e. The molecule has 2 saturated heterocycles. The summed E-state index contributed by atoms with van der Waals surface area (Å²) in [6, 6.07) is 14.7. The van der Waals surface area contributed by atoms with Crippen molar-refractivity contribution in [2.45, 2.75) is 31.8 Å². The Labute approximate surface area is 218 Å². The molecule has 0 bridgehead atoms. The van der Waals surface area contributed by atoms with Crippen LogP contribution in [0.4, 0.5) is 5.69 Å². The van der Waals surface area contributed by atoms with Crippen LogP contribution in [0.5, 0.6) is 0 Å². The maximum Gasteiger partial charge on any atom is 0.256 e. The van der Waals surface area contributed by atoms with Gasteiger partial charge in [0.25, 0.3) is 11.8 Å². The molecule has 4 rings (SSSR count). The van der Waals surface area contributed by atoms with Crippen molar-refractivity contribution >= 4 is 29.1 Å². The van der Waals surface area contributed by atoms with Gasteiger partial charge in [-0.05, 0) is 61.3 Å². The van der Waals surface area contributed by atoms with Gasteiger partial charge in [0.05, 0.1) is 17.2 Å². The number of halogens is 1. The number of likely N-dealkylation sites (N-methyl/N-ethyl adjacent to an activating group) is 1. The number of anilines is 1. The Morgan fingerprint density at radius 2 is 1.61 bits per heavy atom. The lowest BCUT2D eigenvalue weighted by atomic mass is 9.78. The number of rotatable bonds is 7. The van der Waals surface area contributed by atoms with E-state index in [2.05, 4.69) is 4.90 Å². The zero-order valence-corrected chi connectivity index (χ0v) is 21.6. The monoisotopic (exact) mass is 513 g/mol. The van der Waals surface area contributed by atoms with Crippen molar-refractivity contribution in [2.24, 2.45) is 11.8 Å². The highest BCUT2D eigenvalue weighted by Crippen LogP contribution is 2.35. The van der Waals surface area contributed by atoms with E-state index in [1.165, 1.54) is 4.90 Å². The molecule has 1 atom stereocenters. The number of hydrogen-bond donors (Lipinski definition) is 2. The van der Waals surface area contributed by atoms with Crippen LogP contribution < -0.4 is 4.90 Å². The fourth-order valence-corrected chi connectivity index (χ4v) is 5.76. The van der Waals surface area contributed by atoms with Crippen molar-refractivity contribution in [1.82, 2.24) is 9.80 Å². The van der Waals surface area contributed by atoms with Crippen molar-refractivity contribution in [3.63, 3.8) is 0 Å². The van der Waals surface area contributed by atoms with Gasteiger partial charge >= 0.3 is 0 Å². The first-order valence-electron chi connectivity index (χ1n) is 12.8. The summed E-state index contributed by atoms with van der Waals surface area (Å²) in [5.74, 6) is 0.827. The number of aliphatic hydroxyl groups excluding tert-OH is 2. The number of benzene rings is 2. The van der Waals surface area contributed by atoms with Gasteiger partial charge in [-0.1, -0.05) is 41.9 Å². The van der Waals surface area contributed by atoms with Gasteiger partial charge in [0.15, 0.2) is 6.10 Å². The first-order valence-corrected chi connectivity index (χ1v) is 13.2. The van der Waals surface area contributed by atoms with E-state index in [4.69, 9.17) is 16.7 Å². The lowest BCUT2D eigenvalue weighted by Crippen LogP contribution is -2.44. The molecule has 0 spiro atoms. The Morgan fingerprint density at radius 1 is 1.00 bits per heavy atom. The molecule has 2 amide bonds. The minimum absolute atomic E-state index is 0.0855. The van der Waals surface area contributed by atoms with Gasteiger partial charge in [-0.15, -0.1) is 0 Å². The van der Waals surface area contributed by atoms with Gasteiger partial charge in [0.1, 0.15) is 0 Å². The van der Waals surface area contributed by atoms with Crippen LogP contribution in [0.25, 0.3) is 0 Å². The summed E-state index contributed by atoms with van der Waals surface area (Å²) in [6.07, 6.45) is 3.03. The SMILES string of the molecule is CN(CCO)C(=O)c1ccc(N2CCC(C3CCN(C(=O)[C@H](O)c4ccccc4)CC3)CC2)cc1Cl. The summed E-state index contributed by atoms with van der Waals surface area (Å²) in [5, 5.41) is 20.0. The number of piperidine rings is 2. The molecule has 7 nitrogen and oxygen atoms in total. The molecule has 2 aliphatic rings. The van der Waals surface area contributed by atoms with E-state index < -0.39 is 6.10 Å².